The number of thiophene rings is 1. The summed E-state index contributed by atoms with van der Waals surface area (Å²) in [6, 6.07) is 14.9. The Bertz CT molecular complexity index is 1110. The first kappa shape index (κ1) is 18.3. The fraction of sp³-hybridized carbons (Fsp3) is 0.286. The van der Waals surface area contributed by atoms with E-state index in [-0.39, 0.29) is 6.15 Å². The Hall–Kier alpha value is -3.02. The van der Waals surface area contributed by atoms with E-state index in [9.17, 15) is 0 Å². The second-order valence-electron chi connectivity index (χ2n) is 7.03. The van der Waals surface area contributed by atoms with Crippen molar-refractivity contribution >= 4 is 39.0 Å². The van der Waals surface area contributed by atoms with Gasteiger partial charge >= 0.3 is 6.15 Å². The average molecular weight is 392 g/mol. The van der Waals surface area contributed by atoms with E-state index in [1.807, 2.05) is 10.7 Å². The number of fused-ring (bicyclic) bond motifs is 2. The van der Waals surface area contributed by atoms with Crippen LogP contribution in [0.3, 0.4) is 0 Å². The van der Waals surface area contributed by atoms with Gasteiger partial charge in [0.15, 0.2) is 5.65 Å². The van der Waals surface area contributed by atoms with Crippen LogP contribution in [0.5, 0.6) is 0 Å². The van der Waals surface area contributed by atoms with Gasteiger partial charge in [-0.2, -0.15) is 9.59 Å². The molecule has 142 valence electrons. The largest absolute Gasteiger partial charge is 0.373 e. The summed E-state index contributed by atoms with van der Waals surface area (Å²) >= 11 is 1.80. The van der Waals surface area contributed by atoms with Crippen LogP contribution >= 0.6 is 11.3 Å². The predicted molar refractivity (Wildman–Crippen MR) is 109 cm³/mol. The Morgan fingerprint density at radius 3 is 2.79 bits per heavy atom. The van der Waals surface area contributed by atoms with Gasteiger partial charge in [-0.15, -0.1) is 16.4 Å². The number of nitrogens with zero attached hydrogens (tertiary/aromatic N) is 4. The molecule has 3 aromatic heterocycles. The molecular formula is C21H20N4O2S. The molecule has 4 heterocycles. The number of piperidine rings is 1. The van der Waals surface area contributed by atoms with Crippen molar-refractivity contribution in [2.75, 3.05) is 18.0 Å². The summed E-state index contributed by atoms with van der Waals surface area (Å²) in [7, 11) is 0. The molecule has 1 aliphatic rings. The molecule has 1 fully saturated rings. The van der Waals surface area contributed by atoms with Gasteiger partial charge in [-0.1, -0.05) is 25.1 Å². The smallest absolute Gasteiger partial charge is 0.355 e. The summed E-state index contributed by atoms with van der Waals surface area (Å²) in [5, 5.41) is 6.20. The van der Waals surface area contributed by atoms with Gasteiger partial charge in [-0.05, 0) is 48.4 Å². The van der Waals surface area contributed by atoms with Crippen LogP contribution in [0.4, 0.5) is 5.82 Å². The van der Waals surface area contributed by atoms with Gasteiger partial charge in [0, 0.05) is 17.8 Å². The summed E-state index contributed by atoms with van der Waals surface area (Å²) in [6.07, 6.45) is 4.75. The van der Waals surface area contributed by atoms with E-state index in [0.717, 1.165) is 36.2 Å². The van der Waals surface area contributed by atoms with E-state index in [2.05, 4.69) is 59.3 Å². The first-order chi connectivity index (χ1) is 13.7. The molecule has 28 heavy (non-hydrogen) atoms. The van der Waals surface area contributed by atoms with Gasteiger partial charge in [0.25, 0.3) is 0 Å². The molecule has 4 aromatic rings. The Morgan fingerprint density at radius 2 is 2.00 bits per heavy atom. The number of imidazole rings is 1. The topological polar surface area (TPSA) is 67.6 Å². The first-order valence-electron chi connectivity index (χ1n) is 9.27. The Labute approximate surface area is 166 Å². The highest BCUT2D eigenvalue weighted by Gasteiger charge is 2.19. The maximum Gasteiger partial charge on any atom is 0.373 e. The number of hydrogen-bond acceptors (Lipinski definition) is 6. The molecule has 0 saturated carbocycles. The molecule has 0 amide bonds. The molecule has 0 N–H and O–H groups in total. The minimum atomic E-state index is 0.250. The van der Waals surface area contributed by atoms with E-state index in [1.54, 1.807) is 11.3 Å². The van der Waals surface area contributed by atoms with E-state index >= 15 is 0 Å². The average Bonchev–Trinajstić information content (AvgIpc) is 3.31. The van der Waals surface area contributed by atoms with Crippen LogP contribution in [-0.4, -0.2) is 33.8 Å². The van der Waals surface area contributed by atoms with E-state index in [4.69, 9.17) is 14.7 Å². The molecule has 1 unspecified atom stereocenters. The zero-order valence-electron chi connectivity index (χ0n) is 15.5. The van der Waals surface area contributed by atoms with E-state index < -0.39 is 0 Å². The zero-order chi connectivity index (χ0) is 19.5. The third-order valence-electron chi connectivity index (χ3n) is 5.01. The molecule has 5 rings (SSSR count). The van der Waals surface area contributed by atoms with Crippen molar-refractivity contribution in [3.63, 3.8) is 0 Å². The maximum absolute atomic E-state index is 8.12. The van der Waals surface area contributed by atoms with Crippen LogP contribution in [0.25, 0.3) is 26.3 Å². The van der Waals surface area contributed by atoms with Gasteiger partial charge in [0.2, 0.25) is 0 Å². The van der Waals surface area contributed by atoms with Crippen LogP contribution in [0.1, 0.15) is 19.8 Å². The number of rotatable bonds is 2. The minimum Gasteiger partial charge on any atom is -0.355 e. The molecule has 0 radical (unpaired) electrons. The molecular weight excluding hydrogens is 372 g/mol. The summed E-state index contributed by atoms with van der Waals surface area (Å²) < 4.78 is 3.30. The van der Waals surface area contributed by atoms with Crippen LogP contribution < -0.4 is 4.90 Å². The lowest BCUT2D eigenvalue weighted by molar-refractivity contribution is -0.191. The predicted octanol–water partition coefficient (Wildman–Crippen LogP) is 4.26. The standard InChI is InChI=1S/C20H20N4S.CO2/c1-14-5-4-10-23(13-14)20-9-8-19-21-12-16(24(19)22-20)18-11-15-6-2-3-7-17(15)25-18;2-1-3/h2-3,6-9,11-12,14H,4-5,10,13H2,1H3;. The highest BCUT2D eigenvalue weighted by atomic mass is 32.1. The van der Waals surface area contributed by atoms with Crippen LogP contribution in [-0.2, 0) is 9.59 Å². The molecule has 7 heteroatoms. The van der Waals surface area contributed by atoms with Gasteiger partial charge in [-0.3, -0.25) is 0 Å². The van der Waals surface area contributed by atoms with Crippen molar-refractivity contribution in [2.24, 2.45) is 5.92 Å². The fourth-order valence-corrected chi connectivity index (χ4v) is 4.76. The number of aromatic nitrogens is 3. The lowest BCUT2D eigenvalue weighted by Gasteiger charge is -2.31. The number of benzene rings is 1. The van der Waals surface area contributed by atoms with Crippen molar-refractivity contribution in [1.82, 2.24) is 14.6 Å². The third kappa shape index (κ3) is 3.54. The molecule has 1 saturated heterocycles. The van der Waals surface area contributed by atoms with Gasteiger partial charge in [0.1, 0.15) is 11.5 Å². The summed E-state index contributed by atoms with van der Waals surface area (Å²) in [4.78, 5) is 24.4. The summed E-state index contributed by atoms with van der Waals surface area (Å²) in [6.45, 7) is 4.51. The molecule has 1 aromatic carbocycles. The SMILES string of the molecule is CC1CCCN(c2ccc3ncc(-c4cc5ccccc5s4)n3n2)C1.O=C=O. The molecule has 1 atom stereocenters. The van der Waals surface area contributed by atoms with Crippen molar-refractivity contribution < 1.29 is 9.59 Å². The molecule has 0 bridgehead atoms. The Morgan fingerprint density at radius 1 is 1.18 bits per heavy atom. The minimum absolute atomic E-state index is 0.250. The Kier molecular flexibility index (Phi) is 5.19. The van der Waals surface area contributed by atoms with Crippen LogP contribution in [0.2, 0.25) is 0 Å². The maximum atomic E-state index is 8.12. The number of carbonyl (C=O) groups excluding carboxylic acids is 2. The van der Waals surface area contributed by atoms with Gasteiger partial charge < -0.3 is 4.90 Å². The molecule has 1 aliphatic heterocycles. The van der Waals surface area contributed by atoms with Crippen molar-refractivity contribution in [3.8, 4) is 10.6 Å². The van der Waals surface area contributed by atoms with Crippen molar-refractivity contribution in [2.45, 2.75) is 19.8 Å². The summed E-state index contributed by atoms with van der Waals surface area (Å²) in [5.41, 5.74) is 1.98. The zero-order valence-corrected chi connectivity index (χ0v) is 16.4. The monoisotopic (exact) mass is 392 g/mol. The lowest BCUT2D eigenvalue weighted by atomic mass is 10.0. The molecule has 0 aliphatic carbocycles. The van der Waals surface area contributed by atoms with Crippen molar-refractivity contribution in [3.05, 3.63) is 48.7 Å². The Balaban J connectivity index is 0.000000604. The summed E-state index contributed by atoms with van der Waals surface area (Å²) in [5.74, 6) is 1.79. The van der Waals surface area contributed by atoms with Crippen LogP contribution in [0.15, 0.2) is 48.7 Å². The van der Waals surface area contributed by atoms with E-state index in [0.29, 0.717) is 0 Å². The highest BCUT2D eigenvalue weighted by molar-refractivity contribution is 7.22. The number of hydrogen-bond donors (Lipinski definition) is 0. The van der Waals surface area contributed by atoms with Crippen molar-refractivity contribution in [1.29, 1.82) is 0 Å². The fourth-order valence-electron chi connectivity index (χ4n) is 3.71. The van der Waals surface area contributed by atoms with E-state index in [1.165, 1.54) is 27.8 Å². The number of anilines is 1. The van der Waals surface area contributed by atoms with Gasteiger partial charge in [-0.25, -0.2) is 9.50 Å². The molecule has 0 spiro atoms. The normalized spacial score (nSPS) is 16.6. The van der Waals surface area contributed by atoms with Crippen LogP contribution in [0, 0.1) is 5.92 Å². The second-order valence-corrected chi connectivity index (χ2v) is 8.11. The lowest BCUT2D eigenvalue weighted by Crippen LogP contribution is -2.35. The quantitative estimate of drug-likeness (QED) is 0.510. The molecule has 6 nitrogen and oxygen atoms in total. The highest BCUT2D eigenvalue weighted by Crippen LogP contribution is 2.33. The second kappa shape index (κ2) is 7.92. The van der Waals surface area contributed by atoms with Gasteiger partial charge in [0.05, 0.1) is 11.1 Å². The first-order valence-corrected chi connectivity index (χ1v) is 10.1. The third-order valence-corrected chi connectivity index (χ3v) is 6.15.